The van der Waals surface area contributed by atoms with Crippen molar-refractivity contribution in [2.45, 2.75) is 72.1 Å². The van der Waals surface area contributed by atoms with Crippen LogP contribution >= 0.6 is 0 Å². The Kier molecular flexibility index (Phi) is 8.08. The lowest BCUT2D eigenvalue weighted by atomic mass is 9.45. The maximum absolute atomic E-state index is 13.9. The molecule has 46 heavy (non-hydrogen) atoms. The lowest BCUT2D eigenvalue weighted by molar-refractivity contribution is -0.108. The fraction of sp³-hybridized carbons (Fsp3) is 0.529. The van der Waals surface area contributed by atoms with Gasteiger partial charge < -0.3 is 15.5 Å². The number of tetrazole rings is 1. The van der Waals surface area contributed by atoms with Crippen LogP contribution in [-0.4, -0.2) is 72.3 Å². The number of aliphatic imine (C=N–C) groups is 1. The number of hydrogen-bond donors (Lipinski definition) is 2. The van der Waals surface area contributed by atoms with Crippen LogP contribution in [0.1, 0.15) is 51.9 Å². The predicted molar refractivity (Wildman–Crippen MR) is 176 cm³/mol. The quantitative estimate of drug-likeness (QED) is 0.234. The molecule has 2 aromatic heterocycles. The molecular formula is C34H43FN10O. The lowest BCUT2D eigenvalue weighted by Crippen LogP contribution is -2.57. The Morgan fingerprint density at radius 3 is 2.70 bits per heavy atom. The number of aromatic nitrogens is 6. The molecule has 3 aliphatic carbocycles. The van der Waals surface area contributed by atoms with Crippen molar-refractivity contribution in [2.75, 3.05) is 25.0 Å². The zero-order valence-electron chi connectivity index (χ0n) is 27.0. The Balaban J connectivity index is 1.21. The van der Waals surface area contributed by atoms with Gasteiger partial charge in [0.1, 0.15) is 18.2 Å². The summed E-state index contributed by atoms with van der Waals surface area (Å²) in [5, 5.41) is 19.7. The lowest BCUT2D eigenvalue weighted by Gasteiger charge is -2.61. The second-order valence-corrected chi connectivity index (χ2v) is 14.0. The molecule has 0 amide bonds. The molecular weight excluding hydrogens is 583 g/mol. The molecule has 11 nitrogen and oxygen atoms in total. The fourth-order valence-corrected chi connectivity index (χ4v) is 7.87. The van der Waals surface area contributed by atoms with E-state index in [1.54, 1.807) is 16.7 Å². The highest BCUT2D eigenvalue weighted by Gasteiger charge is 2.56. The molecule has 4 aromatic rings. The maximum Gasteiger partial charge on any atom is 0.261 e. The van der Waals surface area contributed by atoms with Gasteiger partial charge in [0, 0.05) is 37.9 Å². The topological polar surface area (TPSA) is 118 Å². The van der Waals surface area contributed by atoms with Crippen molar-refractivity contribution in [3.63, 3.8) is 0 Å². The molecule has 2 aromatic carbocycles. The second-order valence-electron chi connectivity index (χ2n) is 14.0. The average Bonchev–Trinajstić information content (AvgIpc) is 3.55. The van der Waals surface area contributed by atoms with E-state index in [1.807, 2.05) is 18.2 Å². The average molecular weight is 627 g/mol. The Morgan fingerprint density at radius 2 is 1.98 bits per heavy atom. The van der Waals surface area contributed by atoms with Crippen molar-refractivity contribution >= 4 is 22.5 Å². The third-order valence-corrected chi connectivity index (χ3v) is 10.8. The van der Waals surface area contributed by atoms with Crippen LogP contribution in [-0.2, 0) is 19.5 Å². The number of halogens is 1. The molecule has 5 atom stereocenters. The van der Waals surface area contributed by atoms with E-state index in [0.717, 1.165) is 49.2 Å². The molecule has 3 saturated carbocycles. The molecule has 0 unspecified atom stereocenters. The van der Waals surface area contributed by atoms with Gasteiger partial charge in [0.25, 0.3) is 5.56 Å². The van der Waals surface area contributed by atoms with Crippen molar-refractivity contribution in [1.29, 1.82) is 0 Å². The van der Waals surface area contributed by atoms with Gasteiger partial charge in [0.2, 0.25) is 0 Å². The van der Waals surface area contributed by atoms with Gasteiger partial charge in [-0.15, -0.1) is 10.2 Å². The smallest absolute Gasteiger partial charge is 0.261 e. The molecule has 12 heteroatoms. The normalized spacial score (nSPS) is 25.8. The summed E-state index contributed by atoms with van der Waals surface area (Å²) in [6, 6.07) is 12.7. The molecule has 4 aliphatic rings. The van der Waals surface area contributed by atoms with Crippen LogP contribution in [0.2, 0.25) is 0 Å². The number of anilines is 1. The van der Waals surface area contributed by atoms with Crippen molar-refractivity contribution in [2.24, 2.45) is 28.2 Å². The van der Waals surface area contributed by atoms with E-state index in [9.17, 15) is 9.18 Å². The summed E-state index contributed by atoms with van der Waals surface area (Å²) in [6.45, 7) is 12.6. The predicted octanol–water partition coefficient (Wildman–Crippen LogP) is 3.95. The summed E-state index contributed by atoms with van der Waals surface area (Å²) in [5.41, 5.74) is 2.62. The summed E-state index contributed by atoms with van der Waals surface area (Å²) in [5.74, 6) is 3.08. The second kappa shape index (κ2) is 12.2. The first-order valence-corrected chi connectivity index (χ1v) is 16.5. The summed E-state index contributed by atoms with van der Waals surface area (Å²) in [7, 11) is 0. The first-order valence-electron chi connectivity index (χ1n) is 16.5. The van der Waals surface area contributed by atoms with E-state index < -0.39 is 0 Å². The van der Waals surface area contributed by atoms with Gasteiger partial charge >= 0.3 is 0 Å². The number of guanidine groups is 1. The van der Waals surface area contributed by atoms with Gasteiger partial charge in [-0.1, -0.05) is 32.9 Å². The molecule has 0 spiro atoms. The highest BCUT2D eigenvalue weighted by atomic mass is 19.1. The number of aryl methyl sites for hydroxylation is 1. The van der Waals surface area contributed by atoms with Gasteiger partial charge in [-0.2, -0.15) is 4.80 Å². The van der Waals surface area contributed by atoms with Crippen LogP contribution in [0.25, 0.3) is 10.9 Å². The van der Waals surface area contributed by atoms with Gasteiger partial charge in [0.15, 0.2) is 12.3 Å². The zero-order chi connectivity index (χ0) is 32.0. The van der Waals surface area contributed by atoms with Crippen molar-refractivity contribution < 1.29 is 4.39 Å². The Hall–Kier alpha value is -4.19. The van der Waals surface area contributed by atoms with E-state index in [0.29, 0.717) is 53.0 Å². The van der Waals surface area contributed by atoms with E-state index in [-0.39, 0.29) is 24.0 Å². The number of fused-ring (bicyclic) bond motifs is 3. The van der Waals surface area contributed by atoms with E-state index in [4.69, 9.17) is 9.98 Å². The largest absolute Gasteiger partial charge is 0.340 e. The molecule has 8 rings (SSSR count). The first kappa shape index (κ1) is 30.5. The van der Waals surface area contributed by atoms with Gasteiger partial charge in [-0.05, 0) is 90.5 Å². The minimum atomic E-state index is -0.288. The third kappa shape index (κ3) is 5.90. The monoisotopic (exact) mass is 626 g/mol. The number of nitrogens with one attached hydrogen (secondary N) is 2. The Labute approximate surface area is 268 Å². The van der Waals surface area contributed by atoms with E-state index in [2.05, 4.69) is 58.6 Å². The van der Waals surface area contributed by atoms with E-state index in [1.165, 1.54) is 29.7 Å². The minimum Gasteiger partial charge on any atom is -0.340 e. The summed E-state index contributed by atoms with van der Waals surface area (Å²) >= 11 is 0. The summed E-state index contributed by atoms with van der Waals surface area (Å²) in [4.78, 5) is 28.0. The molecule has 2 bridgehead atoms. The minimum absolute atomic E-state index is 0.142. The van der Waals surface area contributed by atoms with E-state index >= 15 is 0 Å². The van der Waals surface area contributed by atoms with Crippen LogP contribution in [0.15, 0.2) is 58.6 Å². The van der Waals surface area contributed by atoms with Crippen LogP contribution in [0, 0.1) is 29.0 Å². The van der Waals surface area contributed by atoms with Crippen molar-refractivity contribution in [3.05, 3.63) is 76.4 Å². The number of piperazine rings is 1. The van der Waals surface area contributed by atoms with Gasteiger partial charge in [-0.3, -0.25) is 9.36 Å². The molecule has 0 radical (unpaired) electrons. The summed E-state index contributed by atoms with van der Waals surface area (Å²) in [6.07, 6.45) is 4.34. The van der Waals surface area contributed by atoms with Crippen molar-refractivity contribution in [3.8, 4) is 0 Å². The maximum atomic E-state index is 13.9. The van der Waals surface area contributed by atoms with Crippen LogP contribution in [0.5, 0.6) is 0 Å². The first-order chi connectivity index (χ1) is 22.2. The highest BCUT2D eigenvalue weighted by molar-refractivity contribution is 5.96. The Bertz CT molecular complexity index is 1780. The molecule has 1 saturated heterocycles. The number of hydrogen-bond acceptors (Lipinski definition) is 7. The number of rotatable bonds is 7. The third-order valence-electron chi connectivity index (χ3n) is 10.8. The van der Waals surface area contributed by atoms with Gasteiger partial charge in [-0.25, -0.2) is 14.4 Å². The van der Waals surface area contributed by atoms with Crippen LogP contribution in [0.4, 0.5) is 10.1 Å². The zero-order valence-corrected chi connectivity index (χ0v) is 27.0. The molecule has 242 valence electrons. The van der Waals surface area contributed by atoms with Crippen LogP contribution < -0.4 is 16.2 Å². The highest BCUT2D eigenvalue weighted by Crippen LogP contribution is 2.61. The molecule has 4 fully saturated rings. The SMILES string of the molecule is C[C@H]1[C@@H](N=C(Nc2ccc3c(=O)n(CCc4ccc(F)cc4)c(Cn4ncnn4)nc3c2)N2CCN[C@@H](C)C2)C[C@@H]2C[C@@H]1C2(C)C. The van der Waals surface area contributed by atoms with Gasteiger partial charge in [0.05, 0.1) is 16.9 Å². The standard InChI is InChI=1S/C34H43FN10O/c1-21-18-43(14-12-36-21)33(41-29-16-24-15-28(22(29)2)34(24,3)4)39-26-9-10-27-30(17-26)40-31(19-45-38-20-37-42-45)44(32(27)46)13-11-23-5-7-25(35)8-6-23/h5-10,17,20-22,24,28-29,36H,11-16,18-19H2,1-4H3,(H,39,41)/t21-,22+,24-,28-,29-/m0/s1. The molecule has 2 N–H and O–H groups in total. The molecule has 3 heterocycles. The van der Waals surface area contributed by atoms with Crippen LogP contribution in [0.3, 0.4) is 0 Å². The summed E-state index contributed by atoms with van der Waals surface area (Å²) < 4.78 is 15.1. The number of benzene rings is 2. The fourth-order valence-electron chi connectivity index (χ4n) is 7.87. The number of nitrogens with zero attached hydrogens (tertiary/aromatic N) is 8. The Morgan fingerprint density at radius 1 is 1.15 bits per heavy atom. The van der Waals surface area contributed by atoms with Crippen molar-refractivity contribution in [1.82, 2.24) is 40.0 Å². The molecule has 1 aliphatic heterocycles.